The summed E-state index contributed by atoms with van der Waals surface area (Å²) in [4.78, 5) is 12.3. The number of thioether (sulfide) groups is 1. The summed E-state index contributed by atoms with van der Waals surface area (Å²) in [5.74, 6) is 0.0306. The number of phenolic OH excluding ortho intramolecular Hbond substituents is 1. The van der Waals surface area contributed by atoms with Gasteiger partial charge in [0, 0.05) is 5.69 Å². The smallest absolute Gasteiger partial charge is 0.237 e. The molecule has 1 amide bonds. The summed E-state index contributed by atoms with van der Waals surface area (Å²) >= 11 is 1.26. The first-order valence-electron chi connectivity index (χ1n) is 7.24. The first-order chi connectivity index (χ1) is 11.6. The van der Waals surface area contributed by atoms with Gasteiger partial charge in [0.25, 0.3) is 0 Å². The summed E-state index contributed by atoms with van der Waals surface area (Å²) in [6, 6.07) is 15.8. The molecule has 2 aromatic carbocycles. The Morgan fingerprint density at radius 2 is 1.88 bits per heavy atom. The molecule has 0 aliphatic heterocycles. The molecule has 1 heterocycles. The van der Waals surface area contributed by atoms with E-state index < -0.39 is 0 Å². The van der Waals surface area contributed by atoms with Gasteiger partial charge < -0.3 is 10.4 Å². The van der Waals surface area contributed by atoms with E-state index in [1.807, 2.05) is 30.3 Å². The van der Waals surface area contributed by atoms with Crippen LogP contribution in [0.1, 0.15) is 6.92 Å². The topological polar surface area (TPSA) is 92.9 Å². The zero-order valence-electron chi connectivity index (χ0n) is 12.8. The predicted octanol–water partition coefficient (Wildman–Crippen LogP) is 2.49. The van der Waals surface area contributed by atoms with Crippen LogP contribution >= 0.6 is 11.8 Å². The standard InChI is InChI=1S/C16H15N5O2S/c1-11(15(23)17-12-5-3-2-4-6-12)24-16-18-19-20-21(16)13-7-9-14(22)10-8-13/h2-11,22H,1H3,(H,17,23)/t11-/m0/s1. The van der Waals surface area contributed by atoms with Gasteiger partial charge in [-0.1, -0.05) is 30.0 Å². The Bertz CT molecular complexity index is 820. The fraction of sp³-hybridized carbons (Fsp3) is 0.125. The second-order valence-corrected chi connectivity index (χ2v) is 6.31. The average Bonchev–Trinajstić information content (AvgIpc) is 3.04. The number of amides is 1. The van der Waals surface area contributed by atoms with Crippen LogP contribution in [0.3, 0.4) is 0 Å². The summed E-state index contributed by atoms with van der Waals surface area (Å²) in [6.07, 6.45) is 0. The van der Waals surface area contributed by atoms with Crippen LogP contribution in [-0.4, -0.2) is 36.5 Å². The number of benzene rings is 2. The minimum absolute atomic E-state index is 0.133. The summed E-state index contributed by atoms with van der Waals surface area (Å²) in [7, 11) is 0. The van der Waals surface area contributed by atoms with Crippen molar-refractivity contribution < 1.29 is 9.90 Å². The van der Waals surface area contributed by atoms with Crippen LogP contribution in [-0.2, 0) is 4.79 Å². The molecule has 0 aliphatic carbocycles. The Kier molecular flexibility index (Phi) is 4.76. The largest absolute Gasteiger partial charge is 0.508 e. The van der Waals surface area contributed by atoms with E-state index in [-0.39, 0.29) is 16.9 Å². The monoisotopic (exact) mass is 341 g/mol. The predicted molar refractivity (Wildman–Crippen MR) is 91.2 cm³/mol. The molecule has 0 spiro atoms. The molecule has 7 nitrogen and oxygen atoms in total. The van der Waals surface area contributed by atoms with Crippen LogP contribution in [0, 0.1) is 0 Å². The molecule has 0 radical (unpaired) electrons. The lowest BCUT2D eigenvalue weighted by Crippen LogP contribution is -2.22. The van der Waals surface area contributed by atoms with Crippen LogP contribution in [0.5, 0.6) is 5.75 Å². The van der Waals surface area contributed by atoms with Crippen LogP contribution in [0.4, 0.5) is 5.69 Å². The maximum absolute atomic E-state index is 12.3. The zero-order valence-corrected chi connectivity index (χ0v) is 13.6. The van der Waals surface area contributed by atoms with E-state index in [2.05, 4.69) is 20.8 Å². The fourth-order valence-electron chi connectivity index (χ4n) is 1.99. The van der Waals surface area contributed by atoms with Gasteiger partial charge in [-0.2, -0.15) is 4.68 Å². The lowest BCUT2D eigenvalue weighted by Gasteiger charge is -2.11. The van der Waals surface area contributed by atoms with Crippen molar-refractivity contribution in [1.29, 1.82) is 0 Å². The van der Waals surface area contributed by atoms with Crippen molar-refractivity contribution >= 4 is 23.4 Å². The molecule has 0 aliphatic rings. The number of carbonyl (C=O) groups is 1. The van der Waals surface area contributed by atoms with E-state index in [1.54, 1.807) is 31.2 Å². The number of para-hydroxylation sites is 1. The number of aromatic hydroxyl groups is 1. The third-order valence-corrected chi connectivity index (χ3v) is 4.26. The highest BCUT2D eigenvalue weighted by atomic mass is 32.2. The molecule has 3 rings (SSSR count). The summed E-state index contributed by atoms with van der Waals surface area (Å²) < 4.78 is 1.52. The van der Waals surface area contributed by atoms with E-state index in [9.17, 15) is 9.90 Å². The molecular weight excluding hydrogens is 326 g/mol. The molecule has 0 saturated carbocycles. The first-order valence-corrected chi connectivity index (χ1v) is 8.12. The first kappa shape index (κ1) is 16.0. The molecule has 24 heavy (non-hydrogen) atoms. The third kappa shape index (κ3) is 3.72. The molecule has 0 bridgehead atoms. The van der Waals surface area contributed by atoms with Crippen molar-refractivity contribution in [3.63, 3.8) is 0 Å². The number of anilines is 1. The van der Waals surface area contributed by atoms with E-state index in [0.29, 0.717) is 10.8 Å². The summed E-state index contributed by atoms with van der Waals surface area (Å²) in [6.45, 7) is 1.79. The number of tetrazole rings is 1. The van der Waals surface area contributed by atoms with Crippen LogP contribution in [0.25, 0.3) is 5.69 Å². The third-order valence-electron chi connectivity index (χ3n) is 3.23. The highest BCUT2D eigenvalue weighted by Gasteiger charge is 2.19. The van der Waals surface area contributed by atoms with Gasteiger partial charge in [-0.25, -0.2) is 0 Å². The molecule has 122 valence electrons. The van der Waals surface area contributed by atoms with E-state index in [4.69, 9.17) is 0 Å². The van der Waals surface area contributed by atoms with Crippen molar-refractivity contribution in [2.45, 2.75) is 17.3 Å². The zero-order chi connectivity index (χ0) is 16.9. The van der Waals surface area contributed by atoms with E-state index in [1.165, 1.54) is 16.4 Å². The number of hydrogen-bond donors (Lipinski definition) is 2. The maximum atomic E-state index is 12.3. The minimum Gasteiger partial charge on any atom is -0.508 e. The van der Waals surface area contributed by atoms with Crippen LogP contribution < -0.4 is 5.32 Å². The van der Waals surface area contributed by atoms with E-state index >= 15 is 0 Å². The summed E-state index contributed by atoms with van der Waals surface area (Å²) in [5.41, 5.74) is 1.45. The maximum Gasteiger partial charge on any atom is 0.237 e. The van der Waals surface area contributed by atoms with Gasteiger partial charge in [-0.3, -0.25) is 4.79 Å². The van der Waals surface area contributed by atoms with Crippen molar-refractivity contribution in [3.05, 3.63) is 54.6 Å². The Balaban J connectivity index is 1.71. The molecule has 1 aromatic heterocycles. The lowest BCUT2D eigenvalue weighted by atomic mass is 10.3. The molecule has 0 unspecified atom stereocenters. The number of phenols is 1. The second kappa shape index (κ2) is 7.14. The quantitative estimate of drug-likeness (QED) is 0.693. The van der Waals surface area contributed by atoms with Crippen molar-refractivity contribution in [1.82, 2.24) is 20.2 Å². The molecule has 8 heteroatoms. The number of nitrogens with one attached hydrogen (secondary N) is 1. The Labute approximate surface area is 142 Å². The fourth-order valence-corrected chi connectivity index (χ4v) is 2.79. The second-order valence-electron chi connectivity index (χ2n) is 5.01. The van der Waals surface area contributed by atoms with Gasteiger partial charge in [0.15, 0.2) is 0 Å². The number of nitrogens with zero attached hydrogens (tertiary/aromatic N) is 4. The summed E-state index contributed by atoms with van der Waals surface area (Å²) in [5, 5.41) is 23.9. The van der Waals surface area contributed by atoms with Gasteiger partial charge in [0.1, 0.15) is 5.75 Å². The van der Waals surface area contributed by atoms with Crippen molar-refractivity contribution in [2.24, 2.45) is 0 Å². The Morgan fingerprint density at radius 1 is 1.17 bits per heavy atom. The number of carbonyl (C=O) groups excluding carboxylic acids is 1. The Hall–Kier alpha value is -2.87. The van der Waals surface area contributed by atoms with Gasteiger partial charge in [0.05, 0.1) is 10.9 Å². The molecule has 3 aromatic rings. The average molecular weight is 341 g/mol. The van der Waals surface area contributed by atoms with Crippen molar-refractivity contribution in [2.75, 3.05) is 5.32 Å². The van der Waals surface area contributed by atoms with Gasteiger partial charge in [0.2, 0.25) is 11.1 Å². The molecule has 0 saturated heterocycles. The van der Waals surface area contributed by atoms with Gasteiger partial charge >= 0.3 is 0 Å². The van der Waals surface area contributed by atoms with Crippen LogP contribution in [0.2, 0.25) is 0 Å². The van der Waals surface area contributed by atoms with E-state index in [0.717, 1.165) is 5.69 Å². The number of hydrogen-bond acceptors (Lipinski definition) is 6. The highest BCUT2D eigenvalue weighted by Crippen LogP contribution is 2.24. The molecule has 0 fully saturated rings. The van der Waals surface area contributed by atoms with Crippen molar-refractivity contribution in [3.8, 4) is 11.4 Å². The van der Waals surface area contributed by atoms with Crippen LogP contribution in [0.15, 0.2) is 59.8 Å². The molecular formula is C16H15N5O2S. The number of rotatable bonds is 5. The highest BCUT2D eigenvalue weighted by molar-refractivity contribution is 8.00. The molecule has 1 atom stereocenters. The molecule has 2 N–H and O–H groups in total. The van der Waals surface area contributed by atoms with Gasteiger partial charge in [-0.05, 0) is 53.7 Å². The normalized spacial score (nSPS) is 11.9. The van der Waals surface area contributed by atoms with Gasteiger partial charge in [-0.15, -0.1) is 5.10 Å². The minimum atomic E-state index is -0.382. The SMILES string of the molecule is C[C@H](Sc1nnnn1-c1ccc(O)cc1)C(=O)Nc1ccccc1. The Morgan fingerprint density at radius 3 is 2.58 bits per heavy atom. The number of aromatic nitrogens is 4. The lowest BCUT2D eigenvalue weighted by molar-refractivity contribution is -0.115.